The van der Waals surface area contributed by atoms with E-state index in [9.17, 15) is 4.79 Å². The lowest BCUT2D eigenvalue weighted by atomic mass is 9.79. The van der Waals surface area contributed by atoms with Crippen LogP contribution >= 0.6 is 0 Å². The van der Waals surface area contributed by atoms with E-state index in [1.807, 2.05) is 0 Å². The second-order valence-electron chi connectivity index (χ2n) is 4.81. The van der Waals surface area contributed by atoms with E-state index in [1.165, 1.54) is 7.11 Å². The lowest BCUT2D eigenvalue weighted by molar-refractivity contribution is -0.142. The predicted octanol–water partition coefficient (Wildman–Crippen LogP) is 1.41. The largest absolute Gasteiger partial charge is 0.469 e. The first-order chi connectivity index (χ1) is 7.61. The Bertz CT molecular complexity index is 210. The second-order valence-corrected chi connectivity index (χ2v) is 4.81. The van der Waals surface area contributed by atoms with Crippen molar-refractivity contribution >= 4 is 5.97 Å². The molecule has 94 valence electrons. The number of aliphatic hydroxyl groups is 1. The van der Waals surface area contributed by atoms with Crippen LogP contribution in [-0.2, 0) is 9.53 Å². The highest BCUT2D eigenvalue weighted by molar-refractivity contribution is 5.69. The van der Waals surface area contributed by atoms with Gasteiger partial charge in [0, 0.05) is 6.42 Å². The first-order valence-corrected chi connectivity index (χ1v) is 6.12. The fourth-order valence-electron chi connectivity index (χ4n) is 2.45. The number of nitrogens with two attached hydrogens (primary N) is 1. The van der Waals surface area contributed by atoms with E-state index in [1.54, 1.807) is 0 Å². The molecular formula is C12H23NO3. The van der Waals surface area contributed by atoms with Gasteiger partial charge in [-0.05, 0) is 37.5 Å². The Kier molecular flexibility index (Phi) is 5.77. The summed E-state index contributed by atoms with van der Waals surface area (Å²) in [6.45, 7) is 0. The van der Waals surface area contributed by atoms with E-state index in [-0.39, 0.29) is 5.97 Å². The summed E-state index contributed by atoms with van der Waals surface area (Å²) in [6, 6.07) is 0. The van der Waals surface area contributed by atoms with Crippen molar-refractivity contribution in [1.29, 1.82) is 0 Å². The Labute approximate surface area is 97.2 Å². The molecule has 0 heterocycles. The van der Waals surface area contributed by atoms with E-state index in [2.05, 4.69) is 4.74 Å². The van der Waals surface area contributed by atoms with Gasteiger partial charge in [0.2, 0.25) is 0 Å². The summed E-state index contributed by atoms with van der Waals surface area (Å²) in [5, 5.41) is 9.00. The molecule has 1 atom stereocenters. The molecule has 0 amide bonds. The third kappa shape index (κ3) is 4.94. The monoisotopic (exact) mass is 229 g/mol. The number of hydrogen-bond acceptors (Lipinski definition) is 4. The van der Waals surface area contributed by atoms with Gasteiger partial charge in [0.15, 0.2) is 0 Å². The number of hydrogen-bond donors (Lipinski definition) is 2. The molecule has 4 heteroatoms. The van der Waals surface area contributed by atoms with Crippen LogP contribution in [0.3, 0.4) is 0 Å². The van der Waals surface area contributed by atoms with Crippen molar-refractivity contribution in [3.8, 4) is 0 Å². The number of rotatable bonds is 5. The van der Waals surface area contributed by atoms with Crippen LogP contribution in [0.5, 0.6) is 0 Å². The second kappa shape index (κ2) is 6.86. The zero-order valence-electron chi connectivity index (χ0n) is 10.0. The number of carbonyl (C=O) groups excluding carboxylic acids is 1. The maximum Gasteiger partial charge on any atom is 0.305 e. The molecule has 0 aliphatic heterocycles. The van der Waals surface area contributed by atoms with E-state index in [4.69, 9.17) is 10.8 Å². The number of carbonyl (C=O) groups is 1. The van der Waals surface area contributed by atoms with Crippen molar-refractivity contribution in [3.05, 3.63) is 0 Å². The summed E-state index contributed by atoms with van der Waals surface area (Å²) in [4.78, 5) is 11.1. The normalized spacial score (nSPS) is 27.4. The van der Waals surface area contributed by atoms with Gasteiger partial charge in [0.1, 0.15) is 6.23 Å². The molecule has 1 aliphatic carbocycles. The fourth-order valence-corrected chi connectivity index (χ4v) is 2.45. The number of esters is 1. The Balaban J connectivity index is 2.16. The topological polar surface area (TPSA) is 72.5 Å². The molecule has 1 rings (SSSR count). The molecule has 1 saturated carbocycles. The summed E-state index contributed by atoms with van der Waals surface area (Å²) < 4.78 is 4.67. The van der Waals surface area contributed by atoms with Crippen molar-refractivity contribution < 1.29 is 14.6 Å². The maximum absolute atomic E-state index is 11.1. The van der Waals surface area contributed by atoms with Crippen molar-refractivity contribution in [1.82, 2.24) is 0 Å². The average Bonchev–Trinajstić information content (AvgIpc) is 2.28. The molecule has 16 heavy (non-hydrogen) atoms. The highest BCUT2D eigenvalue weighted by Gasteiger charge is 2.23. The van der Waals surface area contributed by atoms with Crippen molar-refractivity contribution in [2.75, 3.05) is 7.11 Å². The molecule has 3 N–H and O–H groups in total. The highest BCUT2D eigenvalue weighted by Crippen LogP contribution is 2.33. The zero-order chi connectivity index (χ0) is 12.0. The van der Waals surface area contributed by atoms with E-state index >= 15 is 0 Å². The Morgan fingerprint density at radius 1 is 1.38 bits per heavy atom. The van der Waals surface area contributed by atoms with Gasteiger partial charge in [-0.15, -0.1) is 0 Å². The van der Waals surface area contributed by atoms with Gasteiger partial charge >= 0.3 is 5.97 Å². The van der Waals surface area contributed by atoms with Gasteiger partial charge < -0.3 is 15.6 Å². The lowest BCUT2D eigenvalue weighted by Gasteiger charge is -2.28. The third-order valence-electron chi connectivity index (χ3n) is 3.52. The standard InChI is InChI=1S/C12H23NO3/c1-16-12(15)8-10-4-2-9(3-5-10)6-7-11(13)14/h9-11,14H,2-8,13H2,1H3. The Hall–Kier alpha value is -0.610. The summed E-state index contributed by atoms with van der Waals surface area (Å²) in [5.41, 5.74) is 5.32. The summed E-state index contributed by atoms with van der Waals surface area (Å²) in [6.07, 6.45) is 6.06. The number of ether oxygens (including phenoxy) is 1. The van der Waals surface area contributed by atoms with Crippen LogP contribution in [0.25, 0.3) is 0 Å². The lowest BCUT2D eigenvalue weighted by Crippen LogP contribution is -2.22. The molecule has 1 fully saturated rings. The SMILES string of the molecule is COC(=O)CC1CCC(CCC(N)O)CC1. The van der Waals surface area contributed by atoms with Crippen molar-refractivity contribution in [2.45, 2.75) is 51.2 Å². The molecule has 4 nitrogen and oxygen atoms in total. The minimum absolute atomic E-state index is 0.0965. The van der Waals surface area contributed by atoms with Gasteiger partial charge in [-0.2, -0.15) is 0 Å². The molecule has 0 saturated heterocycles. The molecule has 0 aromatic rings. The zero-order valence-corrected chi connectivity index (χ0v) is 10.0. The van der Waals surface area contributed by atoms with Gasteiger partial charge in [-0.3, -0.25) is 4.79 Å². The average molecular weight is 229 g/mol. The molecular weight excluding hydrogens is 206 g/mol. The van der Waals surface area contributed by atoms with Crippen LogP contribution in [0, 0.1) is 11.8 Å². The van der Waals surface area contributed by atoms with Crippen LogP contribution in [-0.4, -0.2) is 24.4 Å². The molecule has 0 spiro atoms. The fraction of sp³-hybridized carbons (Fsp3) is 0.917. The van der Waals surface area contributed by atoms with Gasteiger partial charge in [0.25, 0.3) is 0 Å². The van der Waals surface area contributed by atoms with E-state index in [0.29, 0.717) is 24.7 Å². The van der Waals surface area contributed by atoms with Crippen LogP contribution < -0.4 is 5.73 Å². The van der Waals surface area contributed by atoms with Crippen LogP contribution in [0.2, 0.25) is 0 Å². The molecule has 0 aromatic heterocycles. The predicted molar refractivity (Wildman–Crippen MR) is 61.5 cm³/mol. The summed E-state index contributed by atoms with van der Waals surface area (Å²) >= 11 is 0. The molecule has 1 unspecified atom stereocenters. The Morgan fingerprint density at radius 3 is 2.44 bits per heavy atom. The van der Waals surface area contributed by atoms with Gasteiger partial charge in [0.05, 0.1) is 7.11 Å². The summed E-state index contributed by atoms with van der Waals surface area (Å²) in [5.74, 6) is 1.07. The molecule has 1 aliphatic rings. The van der Waals surface area contributed by atoms with E-state index < -0.39 is 6.23 Å². The van der Waals surface area contributed by atoms with Crippen LogP contribution in [0.15, 0.2) is 0 Å². The number of methoxy groups -OCH3 is 1. The minimum atomic E-state index is -0.673. The summed E-state index contributed by atoms with van der Waals surface area (Å²) in [7, 11) is 1.44. The first-order valence-electron chi connectivity index (χ1n) is 6.12. The number of aliphatic hydroxyl groups excluding tert-OH is 1. The first kappa shape index (κ1) is 13.5. The van der Waals surface area contributed by atoms with Crippen molar-refractivity contribution in [2.24, 2.45) is 17.6 Å². The van der Waals surface area contributed by atoms with Crippen LogP contribution in [0.4, 0.5) is 0 Å². The van der Waals surface area contributed by atoms with E-state index in [0.717, 1.165) is 32.1 Å². The van der Waals surface area contributed by atoms with Gasteiger partial charge in [-0.25, -0.2) is 0 Å². The maximum atomic E-state index is 11.1. The third-order valence-corrected chi connectivity index (χ3v) is 3.52. The van der Waals surface area contributed by atoms with Gasteiger partial charge in [-0.1, -0.05) is 12.8 Å². The molecule has 0 aromatic carbocycles. The quantitative estimate of drug-likeness (QED) is 0.552. The van der Waals surface area contributed by atoms with Crippen molar-refractivity contribution in [3.63, 3.8) is 0 Å². The smallest absolute Gasteiger partial charge is 0.305 e. The minimum Gasteiger partial charge on any atom is -0.469 e. The molecule has 0 radical (unpaired) electrons. The Morgan fingerprint density at radius 2 is 1.94 bits per heavy atom. The van der Waals surface area contributed by atoms with Crippen LogP contribution in [0.1, 0.15) is 44.9 Å². The highest BCUT2D eigenvalue weighted by atomic mass is 16.5. The molecule has 0 bridgehead atoms.